The average Bonchev–Trinajstić information content (AvgIpc) is 2.48. The Morgan fingerprint density at radius 3 is 2.38 bits per heavy atom. The maximum absolute atomic E-state index is 13.0. The second-order valence-corrected chi connectivity index (χ2v) is 6.89. The zero-order valence-electron chi connectivity index (χ0n) is 13.3. The minimum atomic E-state index is -0.170. The molecule has 0 heterocycles. The number of halogens is 1. The summed E-state index contributed by atoms with van der Waals surface area (Å²) < 4.78 is 13.0. The van der Waals surface area contributed by atoms with E-state index < -0.39 is 0 Å². The Morgan fingerprint density at radius 2 is 1.71 bits per heavy atom. The minimum absolute atomic E-state index is 0.170. The largest absolute Gasteiger partial charge is 0.327 e. The van der Waals surface area contributed by atoms with Crippen molar-refractivity contribution in [1.82, 2.24) is 0 Å². The summed E-state index contributed by atoms with van der Waals surface area (Å²) in [5.41, 5.74) is 6.13. The molecule has 0 radical (unpaired) electrons. The van der Waals surface area contributed by atoms with Gasteiger partial charge in [-0.3, -0.25) is 0 Å². The van der Waals surface area contributed by atoms with Gasteiger partial charge in [-0.25, -0.2) is 4.39 Å². The standard InChI is InChI=1S/C18H30FNS/c1-2-3-4-5-6-7-8-9-12-17(20)15-21-18-13-10-11-16(19)14-18/h10-11,13-14,17H,2-9,12,15,20H2,1H3. The lowest BCUT2D eigenvalue weighted by Crippen LogP contribution is -2.22. The smallest absolute Gasteiger partial charge is 0.124 e. The Bertz CT molecular complexity index is 370. The van der Waals surface area contributed by atoms with Gasteiger partial charge in [0, 0.05) is 16.7 Å². The molecule has 0 fully saturated rings. The summed E-state index contributed by atoms with van der Waals surface area (Å²) in [6.07, 6.45) is 11.8. The van der Waals surface area contributed by atoms with Gasteiger partial charge >= 0.3 is 0 Å². The lowest BCUT2D eigenvalue weighted by Gasteiger charge is -2.11. The third kappa shape index (κ3) is 9.92. The number of benzene rings is 1. The van der Waals surface area contributed by atoms with Crippen molar-refractivity contribution in [3.8, 4) is 0 Å². The topological polar surface area (TPSA) is 26.0 Å². The fourth-order valence-corrected chi connectivity index (χ4v) is 3.33. The Kier molecular flexibility index (Phi) is 10.6. The lowest BCUT2D eigenvalue weighted by atomic mass is 10.1. The summed E-state index contributed by atoms with van der Waals surface area (Å²) in [5, 5.41) is 0. The van der Waals surface area contributed by atoms with Crippen LogP contribution in [0.3, 0.4) is 0 Å². The van der Waals surface area contributed by atoms with Crippen molar-refractivity contribution in [3.63, 3.8) is 0 Å². The zero-order valence-corrected chi connectivity index (χ0v) is 14.1. The average molecular weight is 312 g/mol. The molecule has 1 nitrogen and oxygen atoms in total. The lowest BCUT2D eigenvalue weighted by molar-refractivity contribution is 0.543. The van der Waals surface area contributed by atoms with Gasteiger partial charge in [0.25, 0.3) is 0 Å². The number of hydrogen-bond donors (Lipinski definition) is 1. The molecule has 2 N–H and O–H groups in total. The molecule has 21 heavy (non-hydrogen) atoms. The van der Waals surface area contributed by atoms with E-state index in [4.69, 9.17) is 5.73 Å². The Balaban J connectivity index is 1.97. The van der Waals surface area contributed by atoms with E-state index in [1.807, 2.05) is 6.07 Å². The third-order valence-electron chi connectivity index (χ3n) is 3.69. The predicted octanol–water partition coefficient (Wildman–Crippen LogP) is 5.78. The molecule has 0 saturated carbocycles. The molecular weight excluding hydrogens is 281 g/mol. The van der Waals surface area contributed by atoms with Crippen molar-refractivity contribution < 1.29 is 4.39 Å². The third-order valence-corrected chi connectivity index (χ3v) is 4.87. The van der Waals surface area contributed by atoms with E-state index in [0.29, 0.717) is 0 Å². The minimum Gasteiger partial charge on any atom is -0.327 e. The van der Waals surface area contributed by atoms with Gasteiger partial charge in [-0.1, -0.05) is 64.4 Å². The molecule has 0 aromatic heterocycles. The molecular formula is C18H30FNS. The van der Waals surface area contributed by atoms with Crippen LogP contribution in [0.4, 0.5) is 4.39 Å². The summed E-state index contributed by atoms with van der Waals surface area (Å²) in [6, 6.07) is 6.97. The van der Waals surface area contributed by atoms with Gasteiger partial charge in [0.15, 0.2) is 0 Å². The first kappa shape index (κ1) is 18.5. The summed E-state index contributed by atoms with van der Waals surface area (Å²) >= 11 is 1.66. The number of nitrogens with two attached hydrogens (primary N) is 1. The number of thioether (sulfide) groups is 1. The summed E-state index contributed by atoms with van der Waals surface area (Å²) in [6.45, 7) is 2.25. The van der Waals surface area contributed by atoms with Gasteiger partial charge in [0.05, 0.1) is 0 Å². The van der Waals surface area contributed by atoms with Gasteiger partial charge in [-0.2, -0.15) is 0 Å². The van der Waals surface area contributed by atoms with Crippen LogP contribution in [0.1, 0.15) is 64.7 Å². The molecule has 3 heteroatoms. The molecule has 0 aliphatic carbocycles. The molecule has 0 aliphatic heterocycles. The van der Waals surface area contributed by atoms with Crippen LogP contribution >= 0.6 is 11.8 Å². The SMILES string of the molecule is CCCCCCCCCCC(N)CSc1cccc(F)c1. The van der Waals surface area contributed by atoms with Crippen molar-refractivity contribution in [2.24, 2.45) is 5.73 Å². The molecule has 0 bridgehead atoms. The van der Waals surface area contributed by atoms with Crippen LogP contribution < -0.4 is 5.73 Å². The highest BCUT2D eigenvalue weighted by atomic mass is 32.2. The first-order valence-electron chi connectivity index (χ1n) is 8.36. The maximum Gasteiger partial charge on any atom is 0.124 e. The number of unbranched alkanes of at least 4 members (excludes halogenated alkanes) is 7. The molecule has 1 rings (SSSR count). The number of hydrogen-bond acceptors (Lipinski definition) is 2. The monoisotopic (exact) mass is 311 g/mol. The van der Waals surface area contributed by atoms with E-state index in [-0.39, 0.29) is 11.9 Å². The van der Waals surface area contributed by atoms with Gasteiger partial charge < -0.3 is 5.73 Å². The maximum atomic E-state index is 13.0. The highest BCUT2D eigenvalue weighted by molar-refractivity contribution is 7.99. The highest BCUT2D eigenvalue weighted by Crippen LogP contribution is 2.20. The van der Waals surface area contributed by atoms with Gasteiger partial charge in [-0.05, 0) is 24.6 Å². The van der Waals surface area contributed by atoms with Crippen LogP contribution in [0.25, 0.3) is 0 Å². The van der Waals surface area contributed by atoms with Crippen LogP contribution in [0, 0.1) is 5.82 Å². The van der Waals surface area contributed by atoms with Crippen molar-refractivity contribution in [2.45, 2.75) is 75.6 Å². The molecule has 1 aromatic carbocycles. The zero-order chi connectivity index (χ0) is 15.3. The van der Waals surface area contributed by atoms with E-state index in [1.54, 1.807) is 23.9 Å². The summed E-state index contributed by atoms with van der Waals surface area (Å²) in [5.74, 6) is 0.705. The number of rotatable bonds is 12. The molecule has 0 saturated heterocycles. The molecule has 1 atom stereocenters. The second kappa shape index (κ2) is 12.0. The van der Waals surface area contributed by atoms with E-state index in [9.17, 15) is 4.39 Å². The van der Waals surface area contributed by atoms with Crippen molar-refractivity contribution in [3.05, 3.63) is 30.1 Å². The van der Waals surface area contributed by atoms with E-state index in [0.717, 1.165) is 17.1 Å². The quantitative estimate of drug-likeness (QED) is 0.391. The van der Waals surface area contributed by atoms with Gasteiger partial charge in [0.2, 0.25) is 0 Å². The van der Waals surface area contributed by atoms with Crippen molar-refractivity contribution >= 4 is 11.8 Å². The molecule has 0 amide bonds. The summed E-state index contributed by atoms with van der Waals surface area (Å²) in [4.78, 5) is 0.973. The first-order valence-corrected chi connectivity index (χ1v) is 9.35. The van der Waals surface area contributed by atoms with Crippen LogP contribution in [-0.2, 0) is 0 Å². The Morgan fingerprint density at radius 1 is 1.05 bits per heavy atom. The molecule has 1 unspecified atom stereocenters. The van der Waals surface area contributed by atoms with Crippen LogP contribution in [0.2, 0.25) is 0 Å². The van der Waals surface area contributed by atoms with E-state index in [1.165, 1.54) is 57.4 Å². The van der Waals surface area contributed by atoms with Gasteiger partial charge in [0.1, 0.15) is 5.82 Å². The fraction of sp³-hybridized carbons (Fsp3) is 0.667. The van der Waals surface area contributed by atoms with Crippen molar-refractivity contribution in [2.75, 3.05) is 5.75 Å². The van der Waals surface area contributed by atoms with Crippen LogP contribution in [0.5, 0.6) is 0 Å². The van der Waals surface area contributed by atoms with Crippen LogP contribution in [0.15, 0.2) is 29.2 Å². The van der Waals surface area contributed by atoms with Gasteiger partial charge in [-0.15, -0.1) is 11.8 Å². The molecule has 120 valence electrons. The molecule has 1 aromatic rings. The molecule has 0 aliphatic rings. The first-order chi connectivity index (χ1) is 10.2. The second-order valence-electron chi connectivity index (χ2n) is 5.79. The molecule has 0 spiro atoms. The predicted molar refractivity (Wildman–Crippen MR) is 92.3 cm³/mol. The normalized spacial score (nSPS) is 12.5. The highest BCUT2D eigenvalue weighted by Gasteiger charge is 2.04. The fourth-order valence-electron chi connectivity index (χ4n) is 2.38. The van der Waals surface area contributed by atoms with E-state index in [2.05, 4.69) is 6.92 Å². The Labute approximate surface area is 133 Å². The van der Waals surface area contributed by atoms with Crippen molar-refractivity contribution in [1.29, 1.82) is 0 Å². The van der Waals surface area contributed by atoms with E-state index >= 15 is 0 Å². The van der Waals surface area contributed by atoms with Crippen LogP contribution in [-0.4, -0.2) is 11.8 Å². The summed E-state index contributed by atoms with van der Waals surface area (Å²) in [7, 11) is 0. The Hall–Kier alpha value is -0.540.